The van der Waals surface area contributed by atoms with Crippen LogP contribution in [0, 0.1) is 11.8 Å². The van der Waals surface area contributed by atoms with Gasteiger partial charge in [-0.1, -0.05) is 12.1 Å². The van der Waals surface area contributed by atoms with Gasteiger partial charge in [0.1, 0.15) is 5.75 Å². The molecule has 1 saturated carbocycles. The second-order valence-electron chi connectivity index (χ2n) is 7.59. The topological polar surface area (TPSA) is 54.0 Å². The SMILES string of the molecule is COC(=O)[C@@H]1C[C@H]1COc1ccc(B2OC(C)(C)C(C)(C)O2)cc1. The van der Waals surface area contributed by atoms with E-state index < -0.39 is 0 Å². The van der Waals surface area contributed by atoms with Crippen molar-refractivity contribution in [3.05, 3.63) is 24.3 Å². The van der Waals surface area contributed by atoms with E-state index in [2.05, 4.69) is 0 Å². The van der Waals surface area contributed by atoms with E-state index in [-0.39, 0.29) is 36.1 Å². The molecule has 5 nitrogen and oxygen atoms in total. The van der Waals surface area contributed by atoms with E-state index in [0.29, 0.717) is 6.61 Å². The maximum absolute atomic E-state index is 11.4. The van der Waals surface area contributed by atoms with Crippen molar-refractivity contribution in [1.82, 2.24) is 0 Å². The van der Waals surface area contributed by atoms with Crippen LogP contribution in [0.25, 0.3) is 0 Å². The fourth-order valence-electron chi connectivity index (χ4n) is 2.78. The highest BCUT2D eigenvalue weighted by Gasteiger charge is 2.51. The second-order valence-corrected chi connectivity index (χ2v) is 7.59. The van der Waals surface area contributed by atoms with Crippen LogP contribution >= 0.6 is 0 Å². The van der Waals surface area contributed by atoms with Crippen LogP contribution in [0.5, 0.6) is 5.75 Å². The Hall–Kier alpha value is -1.53. The Morgan fingerprint density at radius 1 is 1.17 bits per heavy atom. The molecule has 3 rings (SSSR count). The van der Waals surface area contributed by atoms with E-state index in [1.165, 1.54) is 7.11 Å². The molecule has 0 bridgehead atoms. The van der Waals surface area contributed by atoms with Crippen LogP contribution in [0.1, 0.15) is 34.1 Å². The second kappa shape index (κ2) is 6.08. The third-order valence-electron chi connectivity index (χ3n) is 5.30. The van der Waals surface area contributed by atoms with Crippen LogP contribution in [0.15, 0.2) is 24.3 Å². The first kappa shape index (κ1) is 17.3. The van der Waals surface area contributed by atoms with Crippen molar-refractivity contribution in [3.63, 3.8) is 0 Å². The van der Waals surface area contributed by atoms with Crippen LogP contribution in [0.4, 0.5) is 0 Å². The largest absolute Gasteiger partial charge is 0.494 e. The van der Waals surface area contributed by atoms with Gasteiger partial charge < -0.3 is 18.8 Å². The number of ether oxygens (including phenoxy) is 2. The number of rotatable bonds is 5. The molecule has 2 fully saturated rings. The first-order chi connectivity index (χ1) is 11.2. The number of hydrogen-bond donors (Lipinski definition) is 0. The first-order valence-electron chi connectivity index (χ1n) is 8.40. The Morgan fingerprint density at radius 3 is 2.29 bits per heavy atom. The molecule has 1 aliphatic carbocycles. The van der Waals surface area contributed by atoms with Gasteiger partial charge in [0.2, 0.25) is 0 Å². The molecule has 1 saturated heterocycles. The molecular formula is C18H25BO5. The quantitative estimate of drug-likeness (QED) is 0.611. The minimum Gasteiger partial charge on any atom is -0.493 e. The maximum atomic E-state index is 11.4. The molecule has 2 aliphatic rings. The Bertz CT molecular complexity index is 594. The molecule has 1 aliphatic heterocycles. The highest BCUT2D eigenvalue weighted by atomic mass is 16.7. The summed E-state index contributed by atoms with van der Waals surface area (Å²) in [5, 5.41) is 0. The smallest absolute Gasteiger partial charge is 0.493 e. The van der Waals surface area contributed by atoms with Crippen molar-refractivity contribution in [2.75, 3.05) is 13.7 Å². The summed E-state index contributed by atoms with van der Waals surface area (Å²) >= 11 is 0. The highest BCUT2D eigenvalue weighted by molar-refractivity contribution is 6.62. The van der Waals surface area contributed by atoms with E-state index in [1.54, 1.807) is 0 Å². The predicted molar refractivity (Wildman–Crippen MR) is 91.3 cm³/mol. The minimum atomic E-state index is -0.365. The molecule has 130 valence electrons. The molecule has 0 spiro atoms. The van der Waals surface area contributed by atoms with Gasteiger partial charge in [-0.25, -0.2) is 0 Å². The van der Waals surface area contributed by atoms with Crippen LogP contribution in [0.2, 0.25) is 0 Å². The van der Waals surface area contributed by atoms with Crippen molar-refractivity contribution >= 4 is 18.6 Å². The lowest BCUT2D eigenvalue weighted by molar-refractivity contribution is -0.142. The van der Waals surface area contributed by atoms with E-state index in [0.717, 1.165) is 17.6 Å². The zero-order chi connectivity index (χ0) is 17.5. The van der Waals surface area contributed by atoms with E-state index in [1.807, 2.05) is 52.0 Å². The Labute approximate surface area is 143 Å². The first-order valence-corrected chi connectivity index (χ1v) is 8.40. The van der Waals surface area contributed by atoms with Gasteiger partial charge in [0.05, 0.1) is 30.8 Å². The van der Waals surface area contributed by atoms with Gasteiger partial charge in [0, 0.05) is 5.92 Å². The standard InChI is InChI=1S/C18H25BO5/c1-17(2)18(3,4)24-19(23-17)13-6-8-14(9-7-13)22-11-12-10-15(12)16(20)21-5/h6-9,12,15H,10-11H2,1-5H3/t12-,15+/m0/s1. The molecule has 0 amide bonds. The molecule has 0 aromatic heterocycles. The van der Waals surface area contributed by atoms with Crippen LogP contribution < -0.4 is 10.2 Å². The van der Waals surface area contributed by atoms with Crippen LogP contribution in [-0.4, -0.2) is 38.0 Å². The monoisotopic (exact) mass is 332 g/mol. The predicted octanol–water partition coefficient (Wildman–Crippen LogP) is 2.17. The third-order valence-corrected chi connectivity index (χ3v) is 5.30. The average molecular weight is 332 g/mol. The van der Waals surface area contributed by atoms with Crippen LogP contribution in [-0.2, 0) is 18.8 Å². The summed E-state index contributed by atoms with van der Waals surface area (Å²) in [7, 11) is 1.06. The molecule has 1 aromatic carbocycles. The summed E-state index contributed by atoms with van der Waals surface area (Å²) in [5.41, 5.74) is 0.281. The van der Waals surface area contributed by atoms with Gasteiger partial charge in [-0.05, 0) is 51.7 Å². The number of hydrogen-bond acceptors (Lipinski definition) is 5. The molecule has 2 atom stereocenters. The fraction of sp³-hybridized carbons (Fsp3) is 0.611. The third kappa shape index (κ3) is 3.30. The summed E-state index contributed by atoms with van der Waals surface area (Å²) in [6, 6.07) is 7.75. The van der Waals surface area contributed by atoms with Gasteiger partial charge in [0.15, 0.2) is 0 Å². The van der Waals surface area contributed by atoms with Crippen molar-refractivity contribution < 1.29 is 23.6 Å². The van der Waals surface area contributed by atoms with Crippen molar-refractivity contribution in [1.29, 1.82) is 0 Å². The number of carbonyl (C=O) groups is 1. The molecule has 24 heavy (non-hydrogen) atoms. The summed E-state index contributed by atoms with van der Waals surface area (Å²) in [6.07, 6.45) is 0.846. The summed E-state index contributed by atoms with van der Waals surface area (Å²) in [4.78, 5) is 11.4. The van der Waals surface area contributed by atoms with Gasteiger partial charge in [-0.3, -0.25) is 4.79 Å². The summed E-state index contributed by atoms with van der Waals surface area (Å²) < 4.78 is 22.6. The van der Waals surface area contributed by atoms with E-state index in [9.17, 15) is 4.79 Å². The summed E-state index contributed by atoms with van der Waals surface area (Å²) in [5.74, 6) is 0.907. The highest BCUT2D eigenvalue weighted by Crippen LogP contribution is 2.39. The number of methoxy groups -OCH3 is 1. The molecule has 0 radical (unpaired) electrons. The van der Waals surface area contributed by atoms with Gasteiger partial charge in [0.25, 0.3) is 0 Å². The lowest BCUT2D eigenvalue weighted by Crippen LogP contribution is -2.41. The minimum absolute atomic E-state index is 0.000903. The number of esters is 1. The molecule has 1 aromatic rings. The fourth-order valence-corrected chi connectivity index (χ4v) is 2.78. The van der Waals surface area contributed by atoms with E-state index >= 15 is 0 Å². The summed E-state index contributed by atoms with van der Waals surface area (Å²) in [6.45, 7) is 8.70. The average Bonchev–Trinajstić information content (AvgIpc) is 3.26. The zero-order valence-corrected chi connectivity index (χ0v) is 15.0. The Kier molecular flexibility index (Phi) is 4.38. The van der Waals surface area contributed by atoms with Crippen molar-refractivity contribution in [2.45, 2.75) is 45.3 Å². The molecule has 0 N–H and O–H groups in total. The van der Waals surface area contributed by atoms with Crippen molar-refractivity contribution in [2.24, 2.45) is 11.8 Å². The lowest BCUT2D eigenvalue weighted by Gasteiger charge is -2.32. The van der Waals surface area contributed by atoms with Gasteiger partial charge in [-0.15, -0.1) is 0 Å². The number of benzene rings is 1. The molecule has 0 unspecified atom stereocenters. The Balaban J connectivity index is 1.54. The maximum Gasteiger partial charge on any atom is 0.494 e. The molecular weight excluding hydrogens is 307 g/mol. The normalized spacial score (nSPS) is 27.0. The van der Waals surface area contributed by atoms with Gasteiger partial charge in [-0.2, -0.15) is 0 Å². The lowest BCUT2D eigenvalue weighted by atomic mass is 9.79. The Morgan fingerprint density at radius 2 is 1.75 bits per heavy atom. The molecule has 6 heteroatoms. The van der Waals surface area contributed by atoms with Crippen molar-refractivity contribution in [3.8, 4) is 5.75 Å². The zero-order valence-electron chi connectivity index (χ0n) is 15.0. The van der Waals surface area contributed by atoms with E-state index in [4.69, 9.17) is 18.8 Å². The number of carbonyl (C=O) groups excluding carboxylic acids is 1. The molecule has 1 heterocycles. The van der Waals surface area contributed by atoms with Crippen LogP contribution in [0.3, 0.4) is 0 Å². The van der Waals surface area contributed by atoms with Gasteiger partial charge >= 0.3 is 13.1 Å².